The Morgan fingerprint density at radius 1 is 0.778 bits per heavy atom. The maximum absolute atomic E-state index is 13.0. The van der Waals surface area contributed by atoms with E-state index in [1.165, 1.54) is 0 Å². The topological polar surface area (TPSA) is 61.4 Å². The highest BCUT2D eigenvalue weighted by Gasteiger charge is 2.40. The number of carbonyl (C=O) groups excluding carboxylic acids is 1. The first kappa shape index (κ1) is 19.5. The Kier molecular flexibility index (Phi) is 5.92. The van der Waals surface area contributed by atoms with E-state index in [1.807, 2.05) is 0 Å². The van der Waals surface area contributed by atoms with Crippen molar-refractivity contribution in [2.75, 3.05) is 5.43 Å². The minimum absolute atomic E-state index is 0.361. The highest BCUT2D eigenvalue weighted by atomic mass is 35.5. The van der Waals surface area contributed by atoms with E-state index in [4.69, 9.17) is 34.8 Å². The zero-order valence-electron chi connectivity index (χ0n) is 13.9. The molecule has 0 aliphatic carbocycles. The largest absolute Gasteiger partial charge is 0.372 e. The van der Waals surface area contributed by atoms with Crippen molar-refractivity contribution in [2.45, 2.75) is 5.60 Å². The number of nitrogens with one attached hydrogen (secondary N) is 2. The van der Waals surface area contributed by atoms with Gasteiger partial charge in [-0.15, -0.1) is 0 Å². The predicted octanol–water partition coefficient (Wildman–Crippen LogP) is 5.03. The number of amides is 1. The standard InChI is InChI=1S/C20H15Cl3N2O2/c21-15-8-4-13(5-9-15)20(27,14-6-10-16(22)11-7-14)19(26)25-24-18-3-1-2-17(23)12-18/h1-12,24,27H,(H,25,26). The third-order valence-electron chi connectivity index (χ3n) is 4.00. The van der Waals surface area contributed by atoms with E-state index < -0.39 is 11.5 Å². The molecule has 3 N–H and O–H groups in total. The van der Waals surface area contributed by atoms with E-state index in [-0.39, 0.29) is 0 Å². The summed E-state index contributed by atoms with van der Waals surface area (Å²) in [6, 6.07) is 19.6. The second-order valence-corrected chi connectivity index (χ2v) is 7.12. The lowest BCUT2D eigenvalue weighted by molar-refractivity contribution is -0.136. The van der Waals surface area contributed by atoms with Gasteiger partial charge in [-0.25, -0.2) is 0 Å². The Hall–Kier alpha value is -2.24. The van der Waals surface area contributed by atoms with Crippen molar-refractivity contribution in [3.8, 4) is 0 Å². The van der Waals surface area contributed by atoms with Gasteiger partial charge in [0.2, 0.25) is 0 Å². The van der Waals surface area contributed by atoms with Crippen LogP contribution in [0.25, 0.3) is 0 Å². The zero-order valence-corrected chi connectivity index (χ0v) is 16.2. The molecule has 0 aliphatic heterocycles. The quantitative estimate of drug-likeness (QED) is 0.507. The summed E-state index contributed by atoms with van der Waals surface area (Å²) in [6.45, 7) is 0. The van der Waals surface area contributed by atoms with E-state index in [0.29, 0.717) is 31.9 Å². The van der Waals surface area contributed by atoms with Gasteiger partial charge in [-0.1, -0.05) is 65.1 Å². The van der Waals surface area contributed by atoms with E-state index in [0.717, 1.165) is 0 Å². The molecule has 0 atom stereocenters. The van der Waals surface area contributed by atoms with Gasteiger partial charge in [-0.2, -0.15) is 0 Å². The van der Waals surface area contributed by atoms with Gasteiger partial charge in [0.1, 0.15) is 0 Å². The summed E-state index contributed by atoms with van der Waals surface area (Å²) in [7, 11) is 0. The molecule has 0 spiro atoms. The molecular formula is C20H15Cl3N2O2. The van der Waals surface area contributed by atoms with Gasteiger partial charge < -0.3 is 5.11 Å². The summed E-state index contributed by atoms with van der Waals surface area (Å²) < 4.78 is 0. The fraction of sp³-hybridized carbons (Fsp3) is 0.0500. The van der Waals surface area contributed by atoms with Crippen molar-refractivity contribution in [1.29, 1.82) is 0 Å². The van der Waals surface area contributed by atoms with Gasteiger partial charge in [0, 0.05) is 15.1 Å². The Balaban J connectivity index is 1.94. The number of hydrogen-bond acceptors (Lipinski definition) is 3. The third kappa shape index (κ3) is 4.37. The zero-order chi connectivity index (χ0) is 19.4. The Morgan fingerprint density at radius 2 is 1.30 bits per heavy atom. The van der Waals surface area contributed by atoms with Gasteiger partial charge in [0.25, 0.3) is 5.91 Å². The molecule has 0 aliphatic rings. The SMILES string of the molecule is O=C(NNc1cccc(Cl)c1)C(O)(c1ccc(Cl)cc1)c1ccc(Cl)cc1. The highest BCUT2D eigenvalue weighted by Crippen LogP contribution is 2.32. The normalized spacial score (nSPS) is 11.1. The molecule has 4 nitrogen and oxygen atoms in total. The second-order valence-electron chi connectivity index (χ2n) is 5.81. The molecule has 0 saturated carbocycles. The van der Waals surface area contributed by atoms with Crippen LogP contribution < -0.4 is 10.9 Å². The number of anilines is 1. The summed E-state index contributed by atoms with van der Waals surface area (Å²) in [6.07, 6.45) is 0. The molecule has 27 heavy (non-hydrogen) atoms. The molecule has 1 amide bonds. The number of carbonyl (C=O) groups is 1. The second kappa shape index (κ2) is 8.19. The smallest absolute Gasteiger partial charge is 0.279 e. The summed E-state index contributed by atoms with van der Waals surface area (Å²) >= 11 is 17.8. The van der Waals surface area contributed by atoms with Gasteiger partial charge in [0.15, 0.2) is 5.60 Å². The van der Waals surface area contributed by atoms with E-state index in [1.54, 1.807) is 72.8 Å². The van der Waals surface area contributed by atoms with Crippen molar-refractivity contribution in [3.63, 3.8) is 0 Å². The van der Waals surface area contributed by atoms with Gasteiger partial charge >= 0.3 is 0 Å². The van der Waals surface area contributed by atoms with Gasteiger partial charge in [-0.3, -0.25) is 15.6 Å². The lowest BCUT2D eigenvalue weighted by Crippen LogP contribution is -2.47. The van der Waals surface area contributed by atoms with Crippen LogP contribution in [-0.2, 0) is 10.4 Å². The van der Waals surface area contributed by atoms with Crippen LogP contribution in [0.4, 0.5) is 5.69 Å². The van der Waals surface area contributed by atoms with Crippen LogP contribution in [0.3, 0.4) is 0 Å². The lowest BCUT2D eigenvalue weighted by Gasteiger charge is -2.28. The highest BCUT2D eigenvalue weighted by molar-refractivity contribution is 6.31. The first-order valence-electron chi connectivity index (χ1n) is 7.96. The van der Waals surface area contributed by atoms with Crippen LogP contribution in [0.15, 0.2) is 72.8 Å². The Bertz CT molecular complexity index is 899. The molecule has 0 aromatic heterocycles. The first-order valence-corrected chi connectivity index (χ1v) is 9.09. The molecule has 138 valence electrons. The van der Waals surface area contributed by atoms with Crippen molar-refractivity contribution < 1.29 is 9.90 Å². The lowest BCUT2D eigenvalue weighted by atomic mass is 9.85. The van der Waals surface area contributed by atoms with Crippen LogP contribution in [0.1, 0.15) is 11.1 Å². The summed E-state index contributed by atoms with van der Waals surface area (Å²) in [5, 5.41) is 12.9. The molecular weight excluding hydrogens is 407 g/mol. The van der Waals surface area contributed by atoms with Gasteiger partial charge in [0.05, 0.1) is 5.69 Å². The maximum Gasteiger partial charge on any atom is 0.279 e. The molecule has 0 saturated heterocycles. The van der Waals surface area contributed by atoms with Crippen molar-refractivity contribution >= 4 is 46.4 Å². The third-order valence-corrected chi connectivity index (χ3v) is 4.74. The van der Waals surface area contributed by atoms with Crippen LogP contribution in [0.2, 0.25) is 15.1 Å². The number of rotatable bonds is 5. The van der Waals surface area contributed by atoms with Crippen LogP contribution >= 0.6 is 34.8 Å². The van der Waals surface area contributed by atoms with Crippen molar-refractivity contribution in [2.24, 2.45) is 0 Å². The predicted molar refractivity (Wildman–Crippen MR) is 109 cm³/mol. The summed E-state index contributed by atoms with van der Waals surface area (Å²) in [5.74, 6) is -0.674. The molecule has 0 fully saturated rings. The average molecular weight is 422 g/mol. The van der Waals surface area contributed by atoms with E-state index in [9.17, 15) is 9.90 Å². The number of halogens is 3. The number of aliphatic hydroxyl groups is 1. The molecule has 0 radical (unpaired) electrons. The molecule has 3 rings (SSSR count). The molecule has 3 aromatic carbocycles. The summed E-state index contributed by atoms with van der Waals surface area (Å²) in [4.78, 5) is 13.0. The van der Waals surface area contributed by atoms with Crippen LogP contribution in [0.5, 0.6) is 0 Å². The molecule has 0 unspecified atom stereocenters. The first-order chi connectivity index (χ1) is 12.9. The molecule has 3 aromatic rings. The number of hydrogen-bond donors (Lipinski definition) is 3. The van der Waals surface area contributed by atoms with Crippen LogP contribution in [-0.4, -0.2) is 11.0 Å². The number of benzene rings is 3. The van der Waals surface area contributed by atoms with Crippen molar-refractivity contribution in [1.82, 2.24) is 5.43 Å². The Morgan fingerprint density at radius 3 is 1.78 bits per heavy atom. The van der Waals surface area contributed by atoms with Crippen molar-refractivity contribution in [3.05, 3.63) is 99.0 Å². The Labute approximate surface area is 171 Å². The minimum Gasteiger partial charge on any atom is -0.372 e. The summed E-state index contributed by atoms with van der Waals surface area (Å²) in [5.41, 5.74) is 4.62. The van der Waals surface area contributed by atoms with E-state index >= 15 is 0 Å². The maximum atomic E-state index is 13.0. The fourth-order valence-electron chi connectivity index (χ4n) is 2.60. The molecule has 7 heteroatoms. The van der Waals surface area contributed by atoms with Gasteiger partial charge in [-0.05, 0) is 53.6 Å². The average Bonchev–Trinajstić information content (AvgIpc) is 2.66. The van der Waals surface area contributed by atoms with Crippen LogP contribution in [0, 0.1) is 0 Å². The molecule has 0 heterocycles. The van der Waals surface area contributed by atoms with E-state index in [2.05, 4.69) is 10.9 Å². The number of hydrazine groups is 1. The minimum atomic E-state index is -1.96. The monoisotopic (exact) mass is 420 g/mol. The fourth-order valence-corrected chi connectivity index (χ4v) is 3.04. The molecule has 0 bridgehead atoms.